The fourth-order valence-corrected chi connectivity index (χ4v) is 2.29. The quantitative estimate of drug-likeness (QED) is 0.549. The molecule has 1 aliphatic heterocycles. The molecule has 69 valence electrons. The van der Waals surface area contributed by atoms with E-state index < -0.39 is 0 Å². The molecule has 0 amide bonds. The molecule has 1 aliphatic rings. The molecule has 0 unspecified atom stereocenters. The van der Waals surface area contributed by atoms with Crippen LogP contribution < -0.4 is 4.72 Å². The van der Waals surface area contributed by atoms with Crippen LogP contribution in [-0.4, -0.2) is 10.8 Å². The minimum Gasteiger partial charge on any atom is -0.434 e. The van der Waals surface area contributed by atoms with Crippen molar-refractivity contribution in [2.75, 3.05) is 0 Å². The van der Waals surface area contributed by atoms with Gasteiger partial charge in [0.1, 0.15) is 5.52 Å². The van der Waals surface area contributed by atoms with Gasteiger partial charge in [-0.05, 0) is 12.1 Å². The minimum absolute atomic E-state index is 0.490. The van der Waals surface area contributed by atoms with E-state index in [9.17, 15) is 0 Å². The number of aromatic nitrogens is 1. The lowest BCUT2D eigenvalue weighted by Gasteiger charge is -1.86. The highest BCUT2D eigenvalue weighted by atomic mass is 33.1. The van der Waals surface area contributed by atoms with Crippen molar-refractivity contribution in [3.8, 4) is 0 Å². The largest absolute Gasteiger partial charge is 0.434 e. The van der Waals surface area contributed by atoms with Crippen LogP contribution in [0.1, 0.15) is 5.89 Å². The SMILES string of the molecule is c1ccc2oc(C3=NSS[N]3)nc2c1. The molecule has 0 atom stereocenters. The standard InChI is InChI=1S/C8H4N3OS2/c1-2-4-6-5(3-1)9-8(12-6)7-10-13-14-11-7/h1-4H. The van der Waals surface area contributed by atoms with Gasteiger partial charge >= 0.3 is 0 Å². The van der Waals surface area contributed by atoms with Crippen molar-refractivity contribution in [2.45, 2.75) is 0 Å². The minimum atomic E-state index is 0.490. The molecule has 6 heteroatoms. The van der Waals surface area contributed by atoms with Gasteiger partial charge in [-0.3, -0.25) is 0 Å². The van der Waals surface area contributed by atoms with Crippen molar-refractivity contribution in [3.63, 3.8) is 0 Å². The molecule has 4 nitrogen and oxygen atoms in total. The lowest BCUT2D eigenvalue weighted by Crippen LogP contribution is -2.05. The zero-order chi connectivity index (χ0) is 9.38. The first-order chi connectivity index (χ1) is 6.93. The van der Waals surface area contributed by atoms with Gasteiger partial charge in [0.15, 0.2) is 5.58 Å². The number of nitrogens with zero attached hydrogens (tertiary/aromatic N) is 3. The molecule has 1 aromatic heterocycles. The van der Waals surface area contributed by atoms with Crippen molar-refractivity contribution in [1.29, 1.82) is 0 Å². The summed E-state index contributed by atoms with van der Waals surface area (Å²) in [5.41, 5.74) is 1.60. The predicted octanol–water partition coefficient (Wildman–Crippen LogP) is 2.40. The third-order valence-corrected chi connectivity index (χ3v) is 2.97. The highest BCUT2D eigenvalue weighted by molar-refractivity contribution is 8.76. The molecule has 2 aromatic rings. The molecular formula is C8H4N3OS2. The van der Waals surface area contributed by atoms with Gasteiger partial charge in [0.2, 0.25) is 5.84 Å². The number of hydrogen-bond acceptors (Lipinski definition) is 5. The van der Waals surface area contributed by atoms with E-state index in [-0.39, 0.29) is 0 Å². The summed E-state index contributed by atoms with van der Waals surface area (Å²) < 4.78 is 13.6. The monoisotopic (exact) mass is 222 g/mol. The lowest BCUT2D eigenvalue weighted by atomic mass is 10.3. The maximum absolute atomic E-state index is 5.49. The van der Waals surface area contributed by atoms with Crippen LogP contribution in [0.5, 0.6) is 0 Å². The maximum Gasteiger partial charge on any atom is 0.267 e. The first-order valence-corrected chi connectivity index (χ1v) is 5.98. The third-order valence-electron chi connectivity index (χ3n) is 1.77. The van der Waals surface area contributed by atoms with Gasteiger partial charge in [-0.2, -0.15) is 9.12 Å². The first kappa shape index (κ1) is 8.19. The van der Waals surface area contributed by atoms with Gasteiger partial charge in [0.25, 0.3) is 5.89 Å². The smallest absolute Gasteiger partial charge is 0.267 e. The summed E-state index contributed by atoms with van der Waals surface area (Å²) in [6, 6.07) is 7.61. The maximum atomic E-state index is 5.49. The van der Waals surface area contributed by atoms with Crippen LogP contribution in [0.2, 0.25) is 0 Å². The Balaban J connectivity index is 2.14. The van der Waals surface area contributed by atoms with E-state index in [0.717, 1.165) is 11.1 Å². The molecular weight excluding hydrogens is 218 g/mol. The lowest BCUT2D eigenvalue weighted by molar-refractivity contribution is 0.588. The number of oxazole rings is 1. The molecule has 0 bridgehead atoms. The first-order valence-electron chi connectivity index (χ1n) is 3.91. The summed E-state index contributed by atoms with van der Waals surface area (Å²) in [4.78, 5) is 4.28. The number of benzene rings is 1. The molecule has 2 heterocycles. The summed E-state index contributed by atoms with van der Waals surface area (Å²) in [5, 5.41) is 0. The molecule has 0 N–H and O–H groups in total. The summed E-state index contributed by atoms with van der Waals surface area (Å²) in [5.74, 6) is 1.06. The highest BCUT2D eigenvalue weighted by Gasteiger charge is 2.18. The number of amidine groups is 1. The summed E-state index contributed by atoms with van der Waals surface area (Å²) >= 11 is 0. The van der Waals surface area contributed by atoms with Crippen LogP contribution in [0, 0.1) is 0 Å². The van der Waals surface area contributed by atoms with E-state index in [2.05, 4.69) is 14.1 Å². The Kier molecular flexibility index (Phi) is 1.88. The van der Waals surface area contributed by atoms with Crippen molar-refractivity contribution < 1.29 is 4.42 Å². The van der Waals surface area contributed by atoms with Gasteiger partial charge in [-0.25, -0.2) is 4.98 Å². The topological polar surface area (TPSA) is 52.5 Å². The number of fused-ring (bicyclic) bond motifs is 1. The molecule has 0 spiro atoms. The van der Waals surface area contributed by atoms with Gasteiger partial charge in [-0.15, -0.1) is 0 Å². The van der Waals surface area contributed by atoms with E-state index in [1.807, 2.05) is 24.3 Å². The fourth-order valence-electron chi connectivity index (χ4n) is 1.17. The van der Waals surface area contributed by atoms with Crippen LogP contribution in [0.4, 0.5) is 0 Å². The van der Waals surface area contributed by atoms with E-state index in [4.69, 9.17) is 4.42 Å². The van der Waals surface area contributed by atoms with Crippen molar-refractivity contribution in [1.82, 2.24) is 9.71 Å². The Hall–Kier alpha value is -1.14. The number of hydrogen-bond donors (Lipinski definition) is 0. The number of para-hydroxylation sites is 2. The molecule has 0 saturated heterocycles. The van der Waals surface area contributed by atoms with E-state index >= 15 is 0 Å². The molecule has 0 fully saturated rings. The molecule has 0 saturated carbocycles. The second-order valence-corrected chi connectivity index (χ2v) is 4.20. The predicted molar refractivity (Wildman–Crippen MR) is 57.9 cm³/mol. The van der Waals surface area contributed by atoms with Crippen molar-refractivity contribution >= 4 is 38.9 Å². The Labute approximate surface area is 87.8 Å². The Morgan fingerprint density at radius 2 is 2.07 bits per heavy atom. The molecule has 0 aliphatic carbocycles. The van der Waals surface area contributed by atoms with Gasteiger partial charge in [0.05, 0.1) is 22.0 Å². The molecule has 14 heavy (non-hydrogen) atoms. The number of rotatable bonds is 1. The van der Waals surface area contributed by atoms with Gasteiger partial charge in [0, 0.05) is 0 Å². The third kappa shape index (κ3) is 1.27. The molecule has 1 aromatic carbocycles. The Bertz CT molecular complexity index is 475. The normalized spacial score (nSPS) is 15.6. The average Bonchev–Trinajstić information content (AvgIpc) is 2.86. The van der Waals surface area contributed by atoms with Crippen molar-refractivity contribution in [2.24, 2.45) is 4.40 Å². The van der Waals surface area contributed by atoms with E-state index in [1.54, 1.807) is 0 Å². The van der Waals surface area contributed by atoms with Crippen LogP contribution >= 0.6 is 22.0 Å². The summed E-state index contributed by atoms with van der Waals surface area (Å²) in [6.07, 6.45) is 0. The summed E-state index contributed by atoms with van der Waals surface area (Å²) in [6.45, 7) is 0. The van der Waals surface area contributed by atoms with E-state index in [1.165, 1.54) is 22.0 Å². The fraction of sp³-hybridized carbons (Fsp3) is 0. The summed E-state index contributed by atoms with van der Waals surface area (Å²) in [7, 11) is 2.65. The highest BCUT2D eigenvalue weighted by Crippen LogP contribution is 2.29. The molecule has 3 rings (SSSR count). The second-order valence-electron chi connectivity index (χ2n) is 2.64. The Morgan fingerprint density at radius 1 is 1.14 bits per heavy atom. The van der Waals surface area contributed by atoms with Gasteiger partial charge < -0.3 is 4.42 Å². The zero-order valence-electron chi connectivity index (χ0n) is 6.88. The second kappa shape index (κ2) is 3.21. The molecule has 1 radical (unpaired) electrons. The van der Waals surface area contributed by atoms with Gasteiger partial charge in [-0.1, -0.05) is 12.1 Å². The van der Waals surface area contributed by atoms with Crippen LogP contribution in [0.15, 0.2) is 33.1 Å². The van der Waals surface area contributed by atoms with Crippen LogP contribution in [0.25, 0.3) is 11.1 Å². The van der Waals surface area contributed by atoms with E-state index in [0.29, 0.717) is 11.7 Å². The Morgan fingerprint density at radius 3 is 2.86 bits per heavy atom. The van der Waals surface area contributed by atoms with Crippen molar-refractivity contribution in [3.05, 3.63) is 30.2 Å². The average molecular weight is 222 g/mol. The van der Waals surface area contributed by atoms with Crippen LogP contribution in [0.3, 0.4) is 0 Å². The van der Waals surface area contributed by atoms with Crippen LogP contribution in [-0.2, 0) is 0 Å². The zero-order valence-corrected chi connectivity index (χ0v) is 8.51.